The molecule has 2 atom stereocenters. The number of ether oxygens (including phenoxy) is 2. The van der Waals surface area contributed by atoms with E-state index in [2.05, 4.69) is 9.97 Å². The molecule has 0 saturated carbocycles. The van der Waals surface area contributed by atoms with E-state index in [1.807, 2.05) is 0 Å². The van der Waals surface area contributed by atoms with E-state index in [9.17, 15) is 10.2 Å². The standard InChI is InChI=1S/C18H22N4O4/c23-15(9-21-7-5-19-13-21)11-25-17-1-2-18(4-3-17)26-12-16(24)10-22-8-6-20-14-22/h1-8,13-16,23-24H,9-12H2. The van der Waals surface area contributed by atoms with Crippen molar-refractivity contribution < 1.29 is 19.7 Å². The van der Waals surface area contributed by atoms with Gasteiger partial charge in [-0.1, -0.05) is 0 Å². The Bertz CT molecular complexity index is 679. The molecule has 138 valence electrons. The van der Waals surface area contributed by atoms with Crippen LogP contribution in [0.2, 0.25) is 0 Å². The maximum atomic E-state index is 9.96. The zero-order valence-corrected chi connectivity index (χ0v) is 14.3. The molecule has 1 aromatic carbocycles. The Kier molecular flexibility index (Phi) is 6.24. The summed E-state index contributed by atoms with van der Waals surface area (Å²) in [5.41, 5.74) is 0. The molecule has 0 aliphatic carbocycles. The summed E-state index contributed by atoms with van der Waals surface area (Å²) in [6.45, 7) is 1.22. The minimum absolute atomic E-state index is 0.183. The van der Waals surface area contributed by atoms with Crippen molar-refractivity contribution in [2.45, 2.75) is 25.3 Å². The van der Waals surface area contributed by atoms with Gasteiger partial charge in [0, 0.05) is 24.8 Å². The van der Waals surface area contributed by atoms with Gasteiger partial charge in [0.25, 0.3) is 0 Å². The number of imidazole rings is 2. The van der Waals surface area contributed by atoms with E-state index in [4.69, 9.17) is 9.47 Å². The van der Waals surface area contributed by atoms with Gasteiger partial charge in [-0.2, -0.15) is 0 Å². The molecule has 0 fully saturated rings. The topological polar surface area (TPSA) is 94.6 Å². The van der Waals surface area contributed by atoms with E-state index in [1.165, 1.54) is 0 Å². The van der Waals surface area contributed by atoms with Gasteiger partial charge in [0.05, 0.1) is 25.7 Å². The third-order valence-electron chi connectivity index (χ3n) is 3.67. The van der Waals surface area contributed by atoms with E-state index < -0.39 is 12.2 Å². The fourth-order valence-electron chi connectivity index (χ4n) is 2.40. The number of aliphatic hydroxyl groups is 2. The quantitative estimate of drug-likeness (QED) is 0.561. The summed E-state index contributed by atoms with van der Waals surface area (Å²) in [7, 11) is 0. The predicted octanol–water partition coefficient (Wildman–Crippen LogP) is 0.959. The number of hydrogen-bond donors (Lipinski definition) is 2. The molecule has 0 saturated heterocycles. The molecule has 0 amide bonds. The van der Waals surface area contributed by atoms with Crippen LogP contribution >= 0.6 is 0 Å². The molecule has 0 aliphatic rings. The number of benzene rings is 1. The summed E-state index contributed by atoms with van der Waals surface area (Å²) in [6, 6.07) is 7.06. The van der Waals surface area contributed by atoms with Gasteiger partial charge in [-0.15, -0.1) is 0 Å². The molecule has 0 aliphatic heterocycles. The van der Waals surface area contributed by atoms with E-state index in [0.717, 1.165) is 0 Å². The molecule has 3 aromatic rings. The van der Waals surface area contributed by atoms with Crippen molar-refractivity contribution >= 4 is 0 Å². The Balaban J connectivity index is 1.38. The van der Waals surface area contributed by atoms with Crippen molar-refractivity contribution in [3.63, 3.8) is 0 Å². The highest BCUT2D eigenvalue weighted by Gasteiger charge is 2.08. The van der Waals surface area contributed by atoms with Gasteiger partial charge in [-0.25, -0.2) is 9.97 Å². The fourth-order valence-corrected chi connectivity index (χ4v) is 2.40. The fraction of sp³-hybridized carbons (Fsp3) is 0.333. The van der Waals surface area contributed by atoms with Crippen LogP contribution < -0.4 is 9.47 Å². The van der Waals surface area contributed by atoms with Gasteiger partial charge < -0.3 is 28.8 Å². The van der Waals surface area contributed by atoms with Crippen LogP contribution in [0.3, 0.4) is 0 Å². The van der Waals surface area contributed by atoms with E-state index >= 15 is 0 Å². The number of rotatable bonds is 10. The zero-order valence-electron chi connectivity index (χ0n) is 14.3. The minimum Gasteiger partial charge on any atom is -0.491 e. The number of nitrogens with zero attached hydrogens (tertiary/aromatic N) is 4. The van der Waals surface area contributed by atoms with E-state index in [1.54, 1.807) is 70.8 Å². The second kappa shape index (κ2) is 9.02. The molecule has 26 heavy (non-hydrogen) atoms. The molecule has 3 rings (SSSR count). The third kappa shape index (κ3) is 5.61. The summed E-state index contributed by atoms with van der Waals surface area (Å²) < 4.78 is 14.7. The van der Waals surface area contributed by atoms with Gasteiger partial charge in [-0.05, 0) is 24.3 Å². The number of aliphatic hydroxyl groups excluding tert-OH is 2. The normalized spacial score (nSPS) is 13.3. The van der Waals surface area contributed by atoms with Gasteiger partial charge in [0.1, 0.15) is 36.9 Å². The third-order valence-corrected chi connectivity index (χ3v) is 3.67. The van der Waals surface area contributed by atoms with E-state index in [0.29, 0.717) is 24.6 Å². The Labute approximate surface area is 151 Å². The summed E-state index contributed by atoms with van der Waals surface area (Å²) in [5.74, 6) is 1.28. The second-order valence-corrected chi connectivity index (χ2v) is 5.92. The van der Waals surface area contributed by atoms with Crippen molar-refractivity contribution in [1.29, 1.82) is 0 Å². The summed E-state index contributed by atoms with van der Waals surface area (Å²) in [5, 5.41) is 19.9. The van der Waals surface area contributed by atoms with Crippen molar-refractivity contribution in [2.75, 3.05) is 13.2 Å². The first-order valence-electron chi connectivity index (χ1n) is 8.32. The molecular formula is C18H22N4O4. The largest absolute Gasteiger partial charge is 0.491 e. The molecule has 2 unspecified atom stereocenters. The molecule has 8 heteroatoms. The zero-order chi connectivity index (χ0) is 18.2. The second-order valence-electron chi connectivity index (χ2n) is 5.92. The monoisotopic (exact) mass is 358 g/mol. The Morgan fingerprint density at radius 3 is 1.54 bits per heavy atom. The van der Waals surface area contributed by atoms with E-state index in [-0.39, 0.29) is 13.2 Å². The highest BCUT2D eigenvalue weighted by molar-refractivity contribution is 5.31. The minimum atomic E-state index is -0.626. The average Bonchev–Trinajstić information content (AvgIpc) is 3.33. The lowest BCUT2D eigenvalue weighted by molar-refractivity contribution is 0.0906. The van der Waals surface area contributed by atoms with Crippen molar-refractivity contribution in [3.05, 3.63) is 61.7 Å². The van der Waals surface area contributed by atoms with Crippen LogP contribution in [0.5, 0.6) is 11.5 Å². The average molecular weight is 358 g/mol. The van der Waals surface area contributed by atoms with Crippen LogP contribution in [0.25, 0.3) is 0 Å². The van der Waals surface area contributed by atoms with Gasteiger partial charge in [0.2, 0.25) is 0 Å². The molecule has 0 bridgehead atoms. The first-order chi connectivity index (χ1) is 12.7. The van der Waals surface area contributed by atoms with Crippen LogP contribution in [-0.4, -0.2) is 54.7 Å². The van der Waals surface area contributed by atoms with Crippen LogP contribution in [0, 0.1) is 0 Å². The first kappa shape index (κ1) is 18.0. The summed E-state index contributed by atoms with van der Waals surface area (Å²) >= 11 is 0. The molecule has 2 heterocycles. The summed E-state index contributed by atoms with van der Waals surface area (Å²) in [6.07, 6.45) is 8.95. The first-order valence-corrected chi connectivity index (χ1v) is 8.32. The van der Waals surface area contributed by atoms with Crippen molar-refractivity contribution in [1.82, 2.24) is 19.1 Å². The highest BCUT2D eigenvalue weighted by Crippen LogP contribution is 2.18. The van der Waals surface area contributed by atoms with Crippen LogP contribution in [0.15, 0.2) is 61.7 Å². The van der Waals surface area contributed by atoms with Crippen LogP contribution in [0.1, 0.15) is 0 Å². The lowest BCUT2D eigenvalue weighted by Gasteiger charge is -2.14. The van der Waals surface area contributed by atoms with Gasteiger partial charge >= 0.3 is 0 Å². The van der Waals surface area contributed by atoms with Crippen molar-refractivity contribution in [3.8, 4) is 11.5 Å². The maximum Gasteiger partial charge on any atom is 0.119 e. The molecule has 2 aromatic heterocycles. The number of aromatic nitrogens is 4. The Morgan fingerprint density at radius 2 is 1.19 bits per heavy atom. The Morgan fingerprint density at radius 1 is 0.769 bits per heavy atom. The maximum absolute atomic E-state index is 9.96. The SMILES string of the molecule is OC(COc1ccc(OCC(O)Cn2ccnc2)cc1)Cn1ccnc1. The lowest BCUT2D eigenvalue weighted by atomic mass is 10.3. The van der Waals surface area contributed by atoms with Crippen LogP contribution in [-0.2, 0) is 13.1 Å². The van der Waals surface area contributed by atoms with Gasteiger partial charge in [-0.3, -0.25) is 0 Å². The van der Waals surface area contributed by atoms with Crippen molar-refractivity contribution in [2.24, 2.45) is 0 Å². The lowest BCUT2D eigenvalue weighted by Crippen LogP contribution is -2.23. The molecule has 0 radical (unpaired) electrons. The smallest absolute Gasteiger partial charge is 0.119 e. The molecule has 2 N–H and O–H groups in total. The Hall–Kier alpha value is -2.84. The molecule has 8 nitrogen and oxygen atoms in total. The van der Waals surface area contributed by atoms with Gasteiger partial charge in [0.15, 0.2) is 0 Å². The molecule has 0 spiro atoms. The number of hydrogen-bond acceptors (Lipinski definition) is 6. The predicted molar refractivity (Wildman–Crippen MR) is 93.9 cm³/mol. The highest BCUT2D eigenvalue weighted by atomic mass is 16.5. The van der Waals surface area contributed by atoms with Crippen LogP contribution in [0.4, 0.5) is 0 Å². The summed E-state index contributed by atoms with van der Waals surface area (Å²) in [4.78, 5) is 7.86. The molecular weight excluding hydrogens is 336 g/mol.